The van der Waals surface area contributed by atoms with Gasteiger partial charge in [0.25, 0.3) is 0 Å². The van der Waals surface area contributed by atoms with Gasteiger partial charge in [0.1, 0.15) is 11.3 Å². The van der Waals surface area contributed by atoms with Gasteiger partial charge in [-0.2, -0.15) is 0 Å². The van der Waals surface area contributed by atoms with E-state index in [1.165, 1.54) is 36.9 Å². The summed E-state index contributed by atoms with van der Waals surface area (Å²) in [7, 11) is 2.97. The fourth-order valence-electron chi connectivity index (χ4n) is 4.18. The molecule has 162 valence electrons. The van der Waals surface area contributed by atoms with E-state index in [2.05, 4.69) is 32.6 Å². The smallest absolute Gasteiger partial charge is 0.341 e. The third kappa shape index (κ3) is 3.82. The average molecular weight is 429 g/mol. The largest absolute Gasteiger partial charge is 0.496 e. The molecule has 1 heterocycles. The molecular formula is C24H32N2O3S. The van der Waals surface area contributed by atoms with Crippen LogP contribution in [0.15, 0.2) is 18.2 Å². The van der Waals surface area contributed by atoms with Crippen LogP contribution in [0.3, 0.4) is 0 Å². The quantitative estimate of drug-likeness (QED) is 0.541. The Morgan fingerprint density at radius 3 is 2.47 bits per heavy atom. The summed E-state index contributed by atoms with van der Waals surface area (Å²) in [6, 6.07) is 5.71. The molecular weight excluding hydrogens is 396 g/mol. The number of fused-ring (bicyclic) bond motifs is 1. The van der Waals surface area contributed by atoms with Crippen molar-refractivity contribution >= 4 is 28.1 Å². The number of methoxy groups -OCH3 is 2. The van der Waals surface area contributed by atoms with Gasteiger partial charge < -0.3 is 14.4 Å². The number of carbonyl (C=O) groups excluding carboxylic acids is 1. The first kappa shape index (κ1) is 21.2. The van der Waals surface area contributed by atoms with E-state index in [1.807, 2.05) is 23.5 Å². The summed E-state index contributed by atoms with van der Waals surface area (Å²) in [6.45, 7) is 10.2. The van der Waals surface area contributed by atoms with Crippen molar-refractivity contribution in [1.29, 1.82) is 0 Å². The fourth-order valence-corrected chi connectivity index (χ4v) is 5.58. The number of benzene rings is 1. The molecule has 0 unspecified atom stereocenters. The van der Waals surface area contributed by atoms with Gasteiger partial charge in [0.05, 0.1) is 19.9 Å². The number of nitrogens with zero attached hydrogens (tertiary/aromatic N) is 2. The van der Waals surface area contributed by atoms with Gasteiger partial charge in [-0.05, 0) is 43.7 Å². The molecule has 0 radical (unpaired) electrons. The summed E-state index contributed by atoms with van der Waals surface area (Å²) in [5.41, 5.74) is 2.94. The van der Waals surface area contributed by atoms with Gasteiger partial charge in [-0.15, -0.1) is 11.3 Å². The second-order valence-electron chi connectivity index (χ2n) is 9.87. The monoisotopic (exact) mass is 428 g/mol. The van der Waals surface area contributed by atoms with Crippen molar-refractivity contribution in [3.8, 4) is 5.75 Å². The van der Waals surface area contributed by atoms with E-state index < -0.39 is 0 Å². The Hall–Kier alpha value is -2.08. The number of hydrogen-bond acceptors (Lipinski definition) is 6. The van der Waals surface area contributed by atoms with Crippen LogP contribution in [0.25, 0.3) is 0 Å². The topological polar surface area (TPSA) is 51.7 Å². The maximum Gasteiger partial charge on any atom is 0.341 e. The summed E-state index contributed by atoms with van der Waals surface area (Å²) in [4.78, 5) is 21.0. The first-order valence-electron chi connectivity index (χ1n) is 10.7. The summed E-state index contributed by atoms with van der Waals surface area (Å²) in [5, 5.41) is 1.04. The summed E-state index contributed by atoms with van der Waals surface area (Å²) in [5.74, 6) is 0.834. The Balaban J connectivity index is 1.78. The first-order valence-corrected chi connectivity index (χ1v) is 11.5. The highest BCUT2D eigenvalue weighted by Crippen LogP contribution is 2.50. The molecule has 1 fully saturated rings. The van der Waals surface area contributed by atoms with Crippen LogP contribution in [-0.2, 0) is 15.6 Å². The van der Waals surface area contributed by atoms with E-state index in [1.54, 1.807) is 13.2 Å². The van der Waals surface area contributed by atoms with E-state index in [0.29, 0.717) is 17.2 Å². The second-order valence-corrected chi connectivity index (χ2v) is 10.8. The van der Waals surface area contributed by atoms with Crippen molar-refractivity contribution in [3.63, 3.8) is 0 Å². The lowest BCUT2D eigenvalue weighted by molar-refractivity contribution is 0.0597. The molecule has 1 aromatic carbocycles. The Kier molecular flexibility index (Phi) is 5.33. The Morgan fingerprint density at radius 2 is 1.87 bits per heavy atom. The summed E-state index contributed by atoms with van der Waals surface area (Å²) in [6.07, 6.45) is 4.85. The van der Waals surface area contributed by atoms with Crippen LogP contribution in [0.4, 0.5) is 10.8 Å². The van der Waals surface area contributed by atoms with Crippen molar-refractivity contribution in [2.24, 2.45) is 5.92 Å². The van der Waals surface area contributed by atoms with Gasteiger partial charge in [0.2, 0.25) is 0 Å². The normalized spacial score (nSPS) is 19.1. The summed E-state index contributed by atoms with van der Waals surface area (Å²) >= 11 is 1.83. The Morgan fingerprint density at radius 1 is 1.17 bits per heavy atom. The molecule has 0 saturated heterocycles. The van der Waals surface area contributed by atoms with E-state index in [9.17, 15) is 4.79 Å². The average Bonchev–Trinajstić information content (AvgIpc) is 3.42. The standard InChI is InChI=1S/C24H32N2O3S/c1-23(2)11-12-24(3,4)20-19(23)25-22(30-20)26(14-15-7-8-15)16-9-10-17(21(27)29-6)18(13-16)28-5/h9-10,13,15H,7-8,11-12,14H2,1-6H3. The highest BCUT2D eigenvalue weighted by Gasteiger charge is 2.41. The number of esters is 1. The molecule has 0 N–H and O–H groups in total. The summed E-state index contributed by atoms with van der Waals surface area (Å²) < 4.78 is 10.4. The molecule has 4 rings (SSSR count). The maximum atomic E-state index is 12.1. The molecule has 2 aliphatic carbocycles. The predicted octanol–water partition coefficient (Wildman–Crippen LogP) is 5.84. The van der Waals surface area contributed by atoms with Crippen LogP contribution < -0.4 is 9.64 Å². The number of anilines is 2. The molecule has 2 aromatic rings. The van der Waals surface area contributed by atoms with Gasteiger partial charge in [0, 0.05) is 34.0 Å². The van der Waals surface area contributed by atoms with Crippen LogP contribution in [0.1, 0.15) is 74.3 Å². The van der Waals surface area contributed by atoms with E-state index >= 15 is 0 Å². The molecule has 30 heavy (non-hydrogen) atoms. The van der Waals surface area contributed by atoms with Crippen molar-refractivity contribution in [3.05, 3.63) is 34.3 Å². The van der Waals surface area contributed by atoms with Crippen molar-refractivity contribution < 1.29 is 14.3 Å². The number of aromatic nitrogens is 1. The number of carbonyl (C=O) groups is 1. The SMILES string of the molecule is COC(=O)c1ccc(N(CC2CC2)c2nc3c(s2)C(C)(C)CCC3(C)C)cc1OC. The van der Waals surface area contributed by atoms with Crippen LogP contribution in [0.2, 0.25) is 0 Å². The molecule has 2 aliphatic rings. The molecule has 1 saturated carbocycles. The first-order chi connectivity index (χ1) is 14.2. The molecule has 0 amide bonds. The fraction of sp³-hybridized carbons (Fsp3) is 0.583. The predicted molar refractivity (Wildman–Crippen MR) is 121 cm³/mol. The highest BCUT2D eigenvalue weighted by atomic mass is 32.1. The minimum Gasteiger partial charge on any atom is -0.496 e. The van der Waals surface area contributed by atoms with Crippen LogP contribution in [-0.4, -0.2) is 31.7 Å². The zero-order chi connectivity index (χ0) is 21.7. The van der Waals surface area contributed by atoms with Crippen LogP contribution >= 0.6 is 11.3 Å². The number of thiazole rings is 1. The number of ether oxygens (including phenoxy) is 2. The van der Waals surface area contributed by atoms with E-state index in [-0.39, 0.29) is 16.8 Å². The van der Waals surface area contributed by atoms with Crippen LogP contribution in [0.5, 0.6) is 5.75 Å². The minimum atomic E-state index is -0.389. The van der Waals surface area contributed by atoms with Gasteiger partial charge in [-0.1, -0.05) is 27.7 Å². The van der Waals surface area contributed by atoms with Crippen molar-refractivity contribution in [2.75, 3.05) is 25.7 Å². The van der Waals surface area contributed by atoms with E-state index in [4.69, 9.17) is 14.5 Å². The number of hydrogen-bond donors (Lipinski definition) is 0. The lowest BCUT2D eigenvalue weighted by Crippen LogP contribution is -2.32. The Labute approximate surface area is 183 Å². The maximum absolute atomic E-state index is 12.1. The van der Waals surface area contributed by atoms with Crippen molar-refractivity contribution in [2.45, 2.75) is 64.2 Å². The minimum absolute atomic E-state index is 0.0945. The molecule has 1 aromatic heterocycles. The molecule has 0 bridgehead atoms. The number of rotatable bonds is 6. The molecule has 0 atom stereocenters. The lowest BCUT2D eigenvalue weighted by Gasteiger charge is -2.37. The highest BCUT2D eigenvalue weighted by molar-refractivity contribution is 7.16. The molecule has 6 heteroatoms. The molecule has 0 aliphatic heterocycles. The van der Waals surface area contributed by atoms with Gasteiger partial charge in [-0.3, -0.25) is 0 Å². The zero-order valence-corrected chi connectivity index (χ0v) is 19.7. The third-order valence-corrected chi connectivity index (χ3v) is 7.96. The zero-order valence-electron chi connectivity index (χ0n) is 18.9. The Bertz CT molecular complexity index is 926. The second kappa shape index (κ2) is 7.56. The van der Waals surface area contributed by atoms with Crippen molar-refractivity contribution in [1.82, 2.24) is 4.98 Å². The van der Waals surface area contributed by atoms with Crippen LogP contribution in [0, 0.1) is 5.92 Å². The lowest BCUT2D eigenvalue weighted by atomic mass is 9.69. The van der Waals surface area contributed by atoms with Gasteiger partial charge in [0.15, 0.2) is 5.13 Å². The molecule has 5 nitrogen and oxygen atoms in total. The van der Waals surface area contributed by atoms with E-state index in [0.717, 1.165) is 23.8 Å². The van der Waals surface area contributed by atoms with Gasteiger partial charge >= 0.3 is 5.97 Å². The van der Waals surface area contributed by atoms with Gasteiger partial charge in [-0.25, -0.2) is 9.78 Å². The molecule has 0 spiro atoms. The third-order valence-electron chi connectivity index (χ3n) is 6.52.